The van der Waals surface area contributed by atoms with Gasteiger partial charge < -0.3 is 4.90 Å². The number of ketones is 1. The largest absolute Gasteiger partial charge is 0.309 e. The Morgan fingerprint density at radius 1 is 1.24 bits per heavy atom. The summed E-state index contributed by atoms with van der Waals surface area (Å²) in [6, 6.07) is 3.93. The van der Waals surface area contributed by atoms with Crippen LogP contribution < -0.4 is 0 Å². The van der Waals surface area contributed by atoms with Crippen LogP contribution in [0.2, 0.25) is 0 Å². The number of likely N-dealkylation sites (N-methyl/N-ethyl adjacent to an activating group) is 1. The third-order valence-corrected chi connectivity index (χ3v) is 3.62. The van der Waals surface area contributed by atoms with Crippen molar-refractivity contribution in [3.05, 3.63) is 21.9 Å². The summed E-state index contributed by atoms with van der Waals surface area (Å²) in [5, 5.41) is 0. The van der Waals surface area contributed by atoms with Crippen LogP contribution in [0.5, 0.6) is 0 Å². The van der Waals surface area contributed by atoms with Crippen molar-refractivity contribution in [2.45, 2.75) is 13.3 Å². The van der Waals surface area contributed by atoms with Crippen LogP contribution in [0.3, 0.4) is 0 Å². The number of hydrogen-bond donors (Lipinski definition) is 0. The summed E-state index contributed by atoms with van der Waals surface area (Å²) < 4.78 is 0. The Balaban J connectivity index is 2.31. The molecule has 0 aromatic carbocycles. The molecule has 1 aromatic rings. The maximum absolute atomic E-state index is 11.9. The zero-order valence-corrected chi connectivity index (χ0v) is 12.0. The van der Waals surface area contributed by atoms with E-state index in [2.05, 4.69) is 23.9 Å². The second-order valence-electron chi connectivity index (χ2n) is 4.73. The van der Waals surface area contributed by atoms with E-state index >= 15 is 0 Å². The Labute approximate surface area is 108 Å². The van der Waals surface area contributed by atoms with Gasteiger partial charge in [0.1, 0.15) is 0 Å². The first-order valence-corrected chi connectivity index (χ1v) is 6.73. The normalized spacial score (nSPS) is 11.4. The van der Waals surface area contributed by atoms with Crippen LogP contribution in [0.25, 0.3) is 0 Å². The van der Waals surface area contributed by atoms with Gasteiger partial charge in [-0.15, -0.1) is 11.3 Å². The van der Waals surface area contributed by atoms with Crippen LogP contribution in [0, 0.1) is 6.92 Å². The highest BCUT2D eigenvalue weighted by molar-refractivity contribution is 7.14. The summed E-state index contributed by atoms with van der Waals surface area (Å²) in [6.45, 7) is 4.58. The summed E-state index contributed by atoms with van der Waals surface area (Å²) >= 11 is 1.58. The number of rotatable bonds is 7. The van der Waals surface area contributed by atoms with Crippen LogP contribution in [0.4, 0.5) is 0 Å². The molecule has 4 heteroatoms. The second-order valence-corrected chi connectivity index (χ2v) is 6.02. The summed E-state index contributed by atoms with van der Waals surface area (Å²) in [7, 11) is 6.15. The lowest BCUT2D eigenvalue weighted by Crippen LogP contribution is -2.28. The predicted octanol–water partition coefficient (Wildman–Crippen LogP) is 2.12. The van der Waals surface area contributed by atoms with Crippen molar-refractivity contribution in [3.63, 3.8) is 0 Å². The van der Waals surface area contributed by atoms with Crippen LogP contribution in [0.1, 0.15) is 21.0 Å². The SMILES string of the molecule is Cc1ccc(C(=O)CN(C)CCCN(C)C)s1. The van der Waals surface area contributed by atoms with Crippen LogP contribution in [0.15, 0.2) is 12.1 Å². The molecule has 0 saturated heterocycles. The van der Waals surface area contributed by atoms with Crippen molar-refractivity contribution in [3.8, 4) is 0 Å². The van der Waals surface area contributed by atoms with Gasteiger partial charge in [0.05, 0.1) is 11.4 Å². The summed E-state index contributed by atoms with van der Waals surface area (Å²) in [6.07, 6.45) is 1.10. The molecule has 0 aliphatic heterocycles. The van der Waals surface area contributed by atoms with Gasteiger partial charge >= 0.3 is 0 Å². The number of aryl methyl sites for hydroxylation is 1. The van der Waals surface area contributed by atoms with Crippen LogP contribution >= 0.6 is 11.3 Å². The molecular weight excluding hydrogens is 232 g/mol. The lowest BCUT2D eigenvalue weighted by molar-refractivity contribution is 0.0948. The Kier molecular flexibility index (Phi) is 5.82. The van der Waals surface area contributed by atoms with E-state index in [-0.39, 0.29) is 5.78 Å². The van der Waals surface area contributed by atoms with Gasteiger partial charge in [0.2, 0.25) is 0 Å². The highest BCUT2D eigenvalue weighted by atomic mass is 32.1. The molecule has 0 unspecified atom stereocenters. The van der Waals surface area contributed by atoms with E-state index < -0.39 is 0 Å². The van der Waals surface area contributed by atoms with Crippen molar-refractivity contribution in [1.29, 1.82) is 0 Å². The topological polar surface area (TPSA) is 23.6 Å². The fourth-order valence-electron chi connectivity index (χ4n) is 1.64. The van der Waals surface area contributed by atoms with Gasteiger partial charge in [-0.3, -0.25) is 9.69 Å². The number of thiophene rings is 1. The lowest BCUT2D eigenvalue weighted by Gasteiger charge is -2.16. The van der Waals surface area contributed by atoms with Crippen LogP contribution in [-0.4, -0.2) is 56.4 Å². The Bertz CT molecular complexity index is 360. The highest BCUT2D eigenvalue weighted by Gasteiger charge is 2.10. The van der Waals surface area contributed by atoms with Crippen LogP contribution in [-0.2, 0) is 0 Å². The van der Waals surface area contributed by atoms with Gasteiger partial charge in [0.25, 0.3) is 0 Å². The fourth-order valence-corrected chi connectivity index (χ4v) is 2.44. The minimum atomic E-state index is 0.232. The summed E-state index contributed by atoms with van der Waals surface area (Å²) in [4.78, 5) is 18.3. The summed E-state index contributed by atoms with van der Waals surface area (Å²) in [5.41, 5.74) is 0. The van der Waals surface area contributed by atoms with E-state index in [1.807, 2.05) is 26.1 Å². The van der Waals surface area contributed by atoms with Gasteiger partial charge in [-0.2, -0.15) is 0 Å². The quantitative estimate of drug-likeness (QED) is 0.696. The average Bonchev–Trinajstić information content (AvgIpc) is 2.64. The number of carbonyl (C=O) groups excluding carboxylic acids is 1. The molecule has 0 spiro atoms. The maximum atomic E-state index is 11.9. The fraction of sp³-hybridized carbons (Fsp3) is 0.615. The van der Waals surface area contributed by atoms with Gasteiger partial charge in [-0.05, 0) is 59.7 Å². The third kappa shape index (κ3) is 5.44. The molecule has 1 aromatic heterocycles. The first-order valence-electron chi connectivity index (χ1n) is 5.92. The predicted molar refractivity (Wildman–Crippen MR) is 74.1 cm³/mol. The maximum Gasteiger partial charge on any atom is 0.186 e. The van der Waals surface area contributed by atoms with E-state index in [0.717, 1.165) is 24.4 Å². The zero-order valence-electron chi connectivity index (χ0n) is 11.2. The van der Waals surface area contributed by atoms with Crippen molar-refractivity contribution in [2.24, 2.45) is 0 Å². The molecule has 0 amide bonds. The van der Waals surface area contributed by atoms with E-state index in [9.17, 15) is 4.79 Å². The molecule has 1 rings (SSSR count). The molecule has 0 atom stereocenters. The number of Topliss-reactive ketones (excluding diaryl/α,β-unsaturated/α-hetero) is 1. The Morgan fingerprint density at radius 2 is 1.94 bits per heavy atom. The van der Waals surface area contributed by atoms with E-state index in [0.29, 0.717) is 6.54 Å². The van der Waals surface area contributed by atoms with E-state index in [1.165, 1.54) is 4.88 Å². The molecule has 0 radical (unpaired) electrons. The minimum Gasteiger partial charge on any atom is -0.309 e. The molecule has 0 aliphatic rings. The van der Waals surface area contributed by atoms with Gasteiger partial charge in [0, 0.05) is 4.88 Å². The number of carbonyl (C=O) groups is 1. The standard InChI is InChI=1S/C13H22N2OS/c1-11-6-7-13(17-11)12(16)10-15(4)9-5-8-14(2)3/h6-7H,5,8-10H2,1-4H3. The Morgan fingerprint density at radius 3 is 2.47 bits per heavy atom. The summed E-state index contributed by atoms with van der Waals surface area (Å²) in [5.74, 6) is 0.232. The first kappa shape index (κ1) is 14.4. The second kappa shape index (κ2) is 6.89. The minimum absolute atomic E-state index is 0.232. The number of hydrogen-bond acceptors (Lipinski definition) is 4. The monoisotopic (exact) mass is 254 g/mol. The van der Waals surface area contributed by atoms with E-state index in [1.54, 1.807) is 11.3 Å². The van der Waals surface area contributed by atoms with Gasteiger partial charge in [0.15, 0.2) is 5.78 Å². The molecular formula is C13H22N2OS. The smallest absolute Gasteiger partial charge is 0.186 e. The molecule has 3 nitrogen and oxygen atoms in total. The average molecular weight is 254 g/mol. The molecule has 0 bridgehead atoms. The van der Waals surface area contributed by atoms with Gasteiger partial charge in [-0.1, -0.05) is 0 Å². The van der Waals surface area contributed by atoms with Gasteiger partial charge in [-0.25, -0.2) is 0 Å². The third-order valence-electron chi connectivity index (χ3n) is 2.57. The van der Waals surface area contributed by atoms with Crippen molar-refractivity contribution in [1.82, 2.24) is 9.80 Å². The van der Waals surface area contributed by atoms with Crippen molar-refractivity contribution in [2.75, 3.05) is 40.8 Å². The first-order chi connectivity index (χ1) is 7.99. The molecule has 1 heterocycles. The number of nitrogens with zero attached hydrogens (tertiary/aromatic N) is 2. The van der Waals surface area contributed by atoms with E-state index in [4.69, 9.17) is 0 Å². The van der Waals surface area contributed by atoms with Crippen molar-refractivity contribution >= 4 is 17.1 Å². The molecule has 0 fully saturated rings. The lowest BCUT2D eigenvalue weighted by atomic mass is 10.3. The molecule has 0 aliphatic carbocycles. The van der Waals surface area contributed by atoms with Crippen molar-refractivity contribution < 1.29 is 4.79 Å². The molecule has 0 saturated carbocycles. The molecule has 0 N–H and O–H groups in total. The highest BCUT2D eigenvalue weighted by Crippen LogP contribution is 2.15. The molecule has 96 valence electrons. The Hall–Kier alpha value is -0.710. The molecule has 17 heavy (non-hydrogen) atoms. The zero-order chi connectivity index (χ0) is 12.8.